The molecule has 2 aromatic rings. The van der Waals surface area contributed by atoms with Crippen molar-refractivity contribution in [3.05, 3.63) is 12.7 Å². The molecule has 2 aromatic heterocycles. The zero-order chi connectivity index (χ0) is 11.4. The van der Waals surface area contributed by atoms with Gasteiger partial charge in [-0.15, -0.1) is 0 Å². The maximum Gasteiger partial charge on any atom is 0.182 e. The first-order valence-corrected chi connectivity index (χ1v) is 4.85. The Morgan fingerprint density at radius 1 is 1.50 bits per heavy atom. The Morgan fingerprint density at radius 2 is 2.38 bits per heavy atom. The molecule has 0 aromatic carbocycles. The maximum atomic E-state index is 9.13. The third kappa shape index (κ3) is 2.10. The highest BCUT2D eigenvalue weighted by molar-refractivity contribution is 5.82. The van der Waals surface area contributed by atoms with Gasteiger partial charge in [0, 0.05) is 7.11 Å². The minimum atomic E-state index is -0.202. The normalized spacial score (nSPS) is 12.9. The number of nitrogens with zero attached hydrogens (tertiary/aromatic N) is 3. The number of aliphatic hydroxyl groups is 1. The monoisotopic (exact) mass is 223 g/mol. The van der Waals surface area contributed by atoms with E-state index in [1.807, 2.05) is 0 Å². The molecule has 1 unspecified atom stereocenters. The van der Waals surface area contributed by atoms with Gasteiger partial charge in [0.15, 0.2) is 11.5 Å². The lowest BCUT2D eigenvalue weighted by atomic mass is 10.3. The molecule has 0 amide bonds. The number of hydrogen-bond acceptors (Lipinski definition) is 6. The largest absolute Gasteiger partial charge is 0.394 e. The summed E-state index contributed by atoms with van der Waals surface area (Å²) in [6.45, 7) is 0.365. The van der Waals surface area contributed by atoms with Crippen molar-refractivity contribution in [3.63, 3.8) is 0 Å². The van der Waals surface area contributed by atoms with Crippen LogP contribution in [0.4, 0.5) is 5.82 Å². The number of ether oxygens (including phenoxy) is 1. The third-order valence-corrected chi connectivity index (χ3v) is 2.15. The Hall–Kier alpha value is -1.73. The van der Waals surface area contributed by atoms with E-state index in [1.54, 1.807) is 13.4 Å². The second-order valence-corrected chi connectivity index (χ2v) is 3.30. The summed E-state index contributed by atoms with van der Waals surface area (Å²) >= 11 is 0. The number of hydrogen-bond donors (Lipinski definition) is 3. The average Bonchev–Trinajstić information content (AvgIpc) is 2.77. The average molecular weight is 223 g/mol. The smallest absolute Gasteiger partial charge is 0.182 e. The minimum absolute atomic E-state index is 0.0343. The second-order valence-electron chi connectivity index (χ2n) is 3.30. The SMILES string of the molecule is COCC(CO)Nc1ncnc2nc[nH]c12. The molecule has 2 rings (SSSR count). The van der Waals surface area contributed by atoms with Crippen molar-refractivity contribution in [1.82, 2.24) is 19.9 Å². The van der Waals surface area contributed by atoms with Crippen LogP contribution in [0.3, 0.4) is 0 Å². The first-order valence-electron chi connectivity index (χ1n) is 4.85. The standard InChI is InChI=1S/C9H13N5O2/c1-16-3-6(2-15)14-9-7-8(11-4-10-7)12-5-13-9/h4-6,15H,2-3H2,1H3,(H2,10,11,12,13,14). The molecule has 7 nitrogen and oxygen atoms in total. The quantitative estimate of drug-likeness (QED) is 0.648. The molecule has 0 saturated carbocycles. The number of aliphatic hydroxyl groups excluding tert-OH is 1. The summed E-state index contributed by atoms with van der Waals surface area (Å²) in [6.07, 6.45) is 2.97. The number of rotatable bonds is 5. The van der Waals surface area contributed by atoms with Gasteiger partial charge in [-0.2, -0.15) is 0 Å². The summed E-state index contributed by atoms with van der Waals surface area (Å²) < 4.78 is 4.97. The maximum absolute atomic E-state index is 9.13. The van der Waals surface area contributed by atoms with Crippen LogP contribution < -0.4 is 5.32 Å². The minimum Gasteiger partial charge on any atom is -0.394 e. The number of fused-ring (bicyclic) bond motifs is 1. The summed E-state index contributed by atoms with van der Waals surface area (Å²) in [6, 6.07) is -0.202. The molecule has 0 aliphatic carbocycles. The molecular formula is C9H13N5O2. The molecule has 2 heterocycles. The Kier molecular flexibility index (Phi) is 3.28. The first-order chi connectivity index (χ1) is 7.85. The van der Waals surface area contributed by atoms with Crippen LogP contribution in [0.25, 0.3) is 11.2 Å². The van der Waals surface area contributed by atoms with Crippen LogP contribution in [0.2, 0.25) is 0 Å². The highest BCUT2D eigenvalue weighted by atomic mass is 16.5. The molecule has 3 N–H and O–H groups in total. The second kappa shape index (κ2) is 4.86. The van der Waals surface area contributed by atoms with Gasteiger partial charge in [0.1, 0.15) is 11.8 Å². The number of nitrogens with one attached hydrogen (secondary N) is 2. The Bertz CT molecular complexity index is 458. The Morgan fingerprint density at radius 3 is 3.12 bits per heavy atom. The van der Waals surface area contributed by atoms with Crippen molar-refractivity contribution in [2.24, 2.45) is 0 Å². The predicted octanol–water partition coefficient (Wildman–Crippen LogP) is -0.228. The van der Waals surface area contributed by atoms with Crippen molar-refractivity contribution < 1.29 is 9.84 Å². The van der Waals surface area contributed by atoms with E-state index < -0.39 is 0 Å². The molecule has 86 valence electrons. The number of aromatic amines is 1. The zero-order valence-corrected chi connectivity index (χ0v) is 8.84. The fraction of sp³-hybridized carbons (Fsp3) is 0.444. The van der Waals surface area contributed by atoms with E-state index >= 15 is 0 Å². The lowest BCUT2D eigenvalue weighted by Gasteiger charge is -2.15. The van der Waals surface area contributed by atoms with Crippen molar-refractivity contribution in [2.45, 2.75) is 6.04 Å². The lowest BCUT2D eigenvalue weighted by molar-refractivity contribution is 0.153. The fourth-order valence-corrected chi connectivity index (χ4v) is 1.41. The topological polar surface area (TPSA) is 96.0 Å². The van der Waals surface area contributed by atoms with Crippen LogP contribution in [-0.4, -0.2) is 51.4 Å². The first kappa shape index (κ1) is 10.8. The van der Waals surface area contributed by atoms with Crippen LogP contribution >= 0.6 is 0 Å². The Balaban J connectivity index is 2.22. The van der Waals surface area contributed by atoms with Crippen molar-refractivity contribution >= 4 is 17.0 Å². The van der Waals surface area contributed by atoms with Crippen molar-refractivity contribution in [3.8, 4) is 0 Å². The van der Waals surface area contributed by atoms with E-state index in [9.17, 15) is 0 Å². The molecule has 0 fully saturated rings. The van der Waals surface area contributed by atoms with Gasteiger partial charge in [0.05, 0.1) is 25.6 Å². The highest BCUT2D eigenvalue weighted by Gasteiger charge is 2.11. The van der Waals surface area contributed by atoms with E-state index in [2.05, 4.69) is 25.3 Å². The number of methoxy groups -OCH3 is 1. The summed E-state index contributed by atoms with van der Waals surface area (Å²) in [5.41, 5.74) is 1.31. The van der Waals surface area contributed by atoms with Crippen molar-refractivity contribution in [1.29, 1.82) is 0 Å². The molecule has 7 heteroatoms. The van der Waals surface area contributed by atoms with E-state index in [-0.39, 0.29) is 12.6 Å². The molecule has 16 heavy (non-hydrogen) atoms. The number of imidazole rings is 1. The van der Waals surface area contributed by atoms with Gasteiger partial charge < -0.3 is 20.1 Å². The van der Waals surface area contributed by atoms with Crippen molar-refractivity contribution in [2.75, 3.05) is 25.6 Å². The van der Waals surface area contributed by atoms with Crippen LogP contribution in [0.1, 0.15) is 0 Å². The molecule has 0 aliphatic rings. The van der Waals surface area contributed by atoms with Gasteiger partial charge in [-0.05, 0) is 0 Å². The molecule has 0 aliphatic heterocycles. The highest BCUT2D eigenvalue weighted by Crippen LogP contribution is 2.15. The van der Waals surface area contributed by atoms with Gasteiger partial charge in [0.25, 0.3) is 0 Å². The number of anilines is 1. The summed E-state index contributed by atoms with van der Waals surface area (Å²) in [5.74, 6) is 0.610. The van der Waals surface area contributed by atoms with E-state index in [0.29, 0.717) is 18.1 Å². The molecule has 0 saturated heterocycles. The van der Waals surface area contributed by atoms with E-state index in [4.69, 9.17) is 9.84 Å². The number of H-pyrrole nitrogens is 1. The van der Waals surface area contributed by atoms with Crippen LogP contribution in [0.5, 0.6) is 0 Å². The molecule has 0 radical (unpaired) electrons. The zero-order valence-electron chi connectivity index (χ0n) is 8.84. The van der Waals surface area contributed by atoms with Crippen LogP contribution in [-0.2, 0) is 4.74 Å². The fourth-order valence-electron chi connectivity index (χ4n) is 1.41. The van der Waals surface area contributed by atoms with Gasteiger partial charge in [-0.1, -0.05) is 0 Å². The molecule has 0 bridgehead atoms. The molecule has 1 atom stereocenters. The van der Waals surface area contributed by atoms with Crippen LogP contribution in [0, 0.1) is 0 Å². The number of aromatic nitrogens is 4. The van der Waals surface area contributed by atoms with Gasteiger partial charge in [0.2, 0.25) is 0 Å². The van der Waals surface area contributed by atoms with E-state index in [0.717, 1.165) is 5.52 Å². The van der Waals surface area contributed by atoms with Gasteiger partial charge >= 0.3 is 0 Å². The summed E-state index contributed by atoms with van der Waals surface area (Å²) in [7, 11) is 1.58. The molecule has 0 spiro atoms. The summed E-state index contributed by atoms with van der Waals surface area (Å²) in [5, 5.41) is 12.2. The van der Waals surface area contributed by atoms with Gasteiger partial charge in [-0.25, -0.2) is 15.0 Å². The third-order valence-electron chi connectivity index (χ3n) is 2.15. The Labute approximate surface area is 91.9 Å². The summed E-state index contributed by atoms with van der Waals surface area (Å²) in [4.78, 5) is 15.0. The lowest BCUT2D eigenvalue weighted by Crippen LogP contribution is -2.29. The van der Waals surface area contributed by atoms with Gasteiger partial charge in [-0.3, -0.25) is 0 Å². The predicted molar refractivity (Wildman–Crippen MR) is 58.1 cm³/mol. The van der Waals surface area contributed by atoms with E-state index in [1.165, 1.54) is 6.33 Å². The van der Waals surface area contributed by atoms with Crippen LogP contribution in [0.15, 0.2) is 12.7 Å². The molecular weight excluding hydrogens is 210 g/mol.